The summed E-state index contributed by atoms with van der Waals surface area (Å²) in [4.78, 5) is 23.1. The first-order valence-electron chi connectivity index (χ1n) is 7.42. The van der Waals surface area contributed by atoms with Crippen LogP contribution in [0.25, 0.3) is 11.2 Å². The molecule has 3 rings (SSSR count). The number of rotatable bonds is 6. The Hall–Kier alpha value is -2.81. The zero-order chi connectivity index (χ0) is 17.1. The van der Waals surface area contributed by atoms with Crippen LogP contribution in [0, 0.1) is 11.6 Å². The van der Waals surface area contributed by atoms with E-state index in [1.807, 2.05) is 0 Å². The number of aromatic amines is 1. The molecule has 0 amide bonds. The van der Waals surface area contributed by atoms with Gasteiger partial charge in [-0.15, -0.1) is 0 Å². The van der Waals surface area contributed by atoms with E-state index in [0.717, 1.165) is 12.5 Å². The molecular formula is C15H16F2N6O. The lowest BCUT2D eigenvalue weighted by atomic mass is 10.2. The molecular weight excluding hydrogens is 318 g/mol. The van der Waals surface area contributed by atoms with Gasteiger partial charge in [-0.25, -0.2) is 18.6 Å². The second-order valence-electron chi connectivity index (χ2n) is 5.23. The van der Waals surface area contributed by atoms with Crippen LogP contribution in [0.15, 0.2) is 29.2 Å². The molecule has 0 radical (unpaired) electrons. The molecule has 0 aliphatic carbocycles. The molecule has 0 aliphatic heterocycles. The molecule has 7 nitrogen and oxygen atoms in total. The van der Waals surface area contributed by atoms with Crippen molar-refractivity contribution in [2.24, 2.45) is 5.73 Å². The van der Waals surface area contributed by atoms with E-state index in [0.29, 0.717) is 30.2 Å². The number of nitrogens with one attached hydrogen (secondary N) is 2. The van der Waals surface area contributed by atoms with Crippen molar-refractivity contribution in [3.05, 3.63) is 52.1 Å². The number of nitrogens with zero attached hydrogens (tertiary/aromatic N) is 3. The highest BCUT2D eigenvalue weighted by atomic mass is 19.2. The summed E-state index contributed by atoms with van der Waals surface area (Å²) in [6.45, 7) is 0.986. The summed E-state index contributed by atoms with van der Waals surface area (Å²) in [5.74, 6) is -1.60. The molecule has 3 aromatic rings. The first-order valence-corrected chi connectivity index (χ1v) is 7.42. The molecule has 0 saturated carbocycles. The highest BCUT2D eigenvalue weighted by molar-refractivity contribution is 5.71. The molecule has 126 valence electrons. The van der Waals surface area contributed by atoms with Gasteiger partial charge in [0, 0.05) is 12.1 Å². The Morgan fingerprint density at radius 3 is 2.96 bits per heavy atom. The van der Waals surface area contributed by atoms with Crippen LogP contribution in [0.3, 0.4) is 0 Å². The van der Waals surface area contributed by atoms with Gasteiger partial charge in [0.05, 0.1) is 12.7 Å². The van der Waals surface area contributed by atoms with Crippen molar-refractivity contribution in [3.8, 4) is 0 Å². The Bertz CT molecular complexity index is 920. The fourth-order valence-corrected chi connectivity index (χ4v) is 2.32. The molecule has 1 aromatic carbocycles. The minimum Gasteiger partial charge on any atom is -0.354 e. The zero-order valence-electron chi connectivity index (χ0n) is 12.7. The van der Waals surface area contributed by atoms with Crippen LogP contribution in [0.4, 0.5) is 14.7 Å². The predicted molar refractivity (Wildman–Crippen MR) is 85.8 cm³/mol. The molecule has 0 saturated heterocycles. The molecule has 0 unspecified atom stereocenters. The number of aromatic nitrogens is 4. The highest BCUT2D eigenvalue weighted by Crippen LogP contribution is 2.15. The summed E-state index contributed by atoms with van der Waals surface area (Å²) in [6.07, 6.45) is 2.21. The molecule has 2 heterocycles. The molecule has 0 bridgehead atoms. The predicted octanol–water partition coefficient (Wildman–Crippen LogP) is 1.21. The molecule has 0 aliphatic rings. The number of imidazole rings is 1. The van der Waals surface area contributed by atoms with Crippen LogP contribution in [0.1, 0.15) is 12.0 Å². The van der Waals surface area contributed by atoms with E-state index < -0.39 is 17.3 Å². The Labute approximate surface area is 135 Å². The van der Waals surface area contributed by atoms with Crippen molar-refractivity contribution in [3.63, 3.8) is 0 Å². The first kappa shape index (κ1) is 16.1. The summed E-state index contributed by atoms with van der Waals surface area (Å²) in [5.41, 5.74) is 5.75. The summed E-state index contributed by atoms with van der Waals surface area (Å²) in [7, 11) is 0. The van der Waals surface area contributed by atoms with Gasteiger partial charge < -0.3 is 16.0 Å². The average Bonchev–Trinajstić information content (AvgIpc) is 2.87. The topological polar surface area (TPSA) is 102 Å². The van der Waals surface area contributed by atoms with Crippen LogP contribution in [0.5, 0.6) is 0 Å². The monoisotopic (exact) mass is 334 g/mol. The summed E-state index contributed by atoms with van der Waals surface area (Å²) in [5, 5.41) is 2.99. The lowest BCUT2D eigenvalue weighted by molar-refractivity contribution is 0.495. The lowest BCUT2D eigenvalue weighted by Crippen LogP contribution is -2.19. The third-order valence-electron chi connectivity index (χ3n) is 3.54. The number of hydrogen-bond acceptors (Lipinski definition) is 5. The maximum Gasteiger partial charge on any atom is 0.328 e. The Kier molecular flexibility index (Phi) is 4.52. The number of halogens is 2. The second kappa shape index (κ2) is 6.75. The van der Waals surface area contributed by atoms with Gasteiger partial charge in [-0.3, -0.25) is 4.57 Å². The van der Waals surface area contributed by atoms with E-state index in [-0.39, 0.29) is 12.1 Å². The van der Waals surface area contributed by atoms with Gasteiger partial charge in [-0.2, -0.15) is 4.98 Å². The molecule has 9 heteroatoms. The van der Waals surface area contributed by atoms with E-state index in [2.05, 4.69) is 20.3 Å². The third-order valence-corrected chi connectivity index (χ3v) is 3.54. The fourth-order valence-electron chi connectivity index (χ4n) is 2.32. The van der Waals surface area contributed by atoms with Crippen molar-refractivity contribution < 1.29 is 8.78 Å². The van der Waals surface area contributed by atoms with Crippen LogP contribution < -0.4 is 16.7 Å². The van der Waals surface area contributed by atoms with Gasteiger partial charge in [0.1, 0.15) is 5.52 Å². The number of hydrogen-bond donors (Lipinski definition) is 3. The summed E-state index contributed by atoms with van der Waals surface area (Å²) >= 11 is 0. The normalized spacial score (nSPS) is 11.1. The van der Waals surface area contributed by atoms with Crippen molar-refractivity contribution in [1.29, 1.82) is 0 Å². The largest absolute Gasteiger partial charge is 0.354 e. The van der Waals surface area contributed by atoms with Gasteiger partial charge in [0.2, 0.25) is 5.95 Å². The van der Waals surface area contributed by atoms with E-state index in [1.54, 1.807) is 0 Å². The zero-order valence-corrected chi connectivity index (χ0v) is 12.7. The minimum absolute atomic E-state index is 0.0641. The number of nitrogens with two attached hydrogens (primary N) is 1. The minimum atomic E-state index is -0.978. The van der Waals surface area contributed by atoms with Gasteiger partial charge >= 0.3 is 5.69 Å². The van der Waals surface area contributed by atoms with Crippen molar-refractivity contribution in [2.45, 2.75) is 13.0 Å². The van der Waals surface area contributed by atoms with Crippen LogP contribution in [0.2, 0.25) is 0 Å². The number of fused-ring (bicyclic) bond motifs is 1. The van der Waals surface area contributed by atoms with Gasteiger partial charge in [0.25, 0.3) is 0 Å². The highest BCUT2D eigenvalue weighted by Gasteiger charge is 2.14. The summed E-state index contributed by atoms with van der Waals surface area (Å²) in [6, 6.07) is 3.84. The van der Waals surface area contributed by atoms with Crippen LogP contribution >= 0.6 is 0 Å². The van der Waals surface area contributed by atoms with Crippen molar-refractivity contribution in [2.75, 3.05) is 18.4 Å². The maximum atomic E-state index is 13.9. The molecule has 24 heavy (non-hydrogen) atoms. The smallest absolute Gasteiger partial charge is 0.328 e. The third kappa shape index (κ3) is 3.11. The first-order chi connectivity index (χ1) is 11.6. The van der Waals surface area contributed by atoms with Crippen molar-refractivity contribution >= 4 is 17.1 Å². The van der Waals surface area contributed by atoms with Crippen LogP contribution in [-0.4, -0.2) is 32.6 Å². The van der Waals surface area contributed by atoms with E-state index in [1.165, 1.54) is 22.9 Å². The Balaban J connectivity index is 1.97. The Morgan fingerprint density at radius 2 is 2.17 bits per heavy atom. The number of anilines is 1. The number of H-pyrrole nitrogens is 1. The van der Waals surface area contributed by atoms with E-state index in [9.17, 15) is 13.6 Å². The fraction of sp³-hybridized carbons (Fsp3) is 0.267. The molecule has 2 aromatic heterocycles. The lowest BCUT2D eigenvalue weighted by Gasteiger charge is -2.07. The summed E-state index contributed by atoms with van der Waals surface area (Å²) < 4.78 is 28.4. The van der Waals surface area contributed by atoms with Gasteiger partial charge in [-0.05, 0) is 19.0 Å². The average molecular weight is 334 g/mol. The molecule has 0 fully saturated rings. The molecule has 0 spiro atoms. The van der Waals surface area contributed by atoms with Crippen molar-refractivity contribution in [1.82, 2.24) is 19.5 Å². The molecule has 4 N–H and O–H groups in total. The van der Waals surface area contributed by atoms with E-state index in [4.69, 9.17) is 5.73 Å². The standard InChI is InChI=1S/C15H16F2N6O/c16-10-4-1-3-9(12(10)17)8-23-13-11(21-15(23)24)7-20-14(22-13)19-6-2-5-18/h1,3-4,7H,2,5-6,8,18H2,(H,21,24)(H,19,20,22). The number of benzene rings is 1. The quantitative estimate of drug-likeness (QED) is 0.588. The molecule has 0 atom stereocenters. The van der Waals surface area contributed by atoms with Crippen LogP contribution in [-0.2, 0) is 6.54 Å². The SMILES string of the molecule is NCCCNc1ncc2[nH]c(=O)n(Cc3cccc(F)c3F)c2n1. The maximum absolute atomic E-state index is 13.9. The van der Waals surface area contributed by atoms with Gasteiger partial charge in [-0.1, -0.05) is 12.1 Å². The van der Waals surface area contributed by atoms with Gasteiger partial charge in [0.15, 0.2) is 17.3 Å². The Morgan fingerprint density at radius 1 is 1.33 bits per heavy atom. The van der Waals surface area contributed by atoms with E-state index >= 15 is 0 Å². The second-order valence-corrected chi connectivity index (χ2v) is 5.23.